The smallest absolute Gasteiger partial charge is 0.386 e. The maximum Gasteiger partial charge on any atom is 0.386 e. The average molecular weight is 414 g/mol. The minimum Gasteiger partial charge on any atom is -0.497 e. The number of esters is 1. The molecule has 0 heterocycles. The Bertz CT molecular complexity index is 873. The van der Waals surface area contributed by atoms with Gasteiger partial charge in [-0.15, -0.1) is 0 Å². The standard InChI is InChI=1S/C22H22O8/c1-3-20(23)28-14-5-4-13-27-18-11-9-16(10-12-18)21(24)29-30-22(25)17-7-6-8-19(15-17)26-2/h3,6-12,15H,1,4-5,13-14H2,2H3. The second-order valence-electron chi connectivity index (χ2n) is 5.93. The Morgan fingerprint density at radius 2 is 1.53 bits per heavy atom. The van der Waals surface area contributed by atoms with Gasteiger partial charge in [-0.1, -0.05) is 12.6 Å². The van der Waals surface area contributed by atoms with Crippen LogP contribution in [-0.2, 0) is 19.3 Å². The molecule has 0 bridgehead atoms. The third kappa shape index (κ3) is 7.31. The van der Waals surface area contributed by atoms with Crippen LogP contribution in [-0.4, -0.2) is 38.2 Å². The number of benzene rings is 2. The lowest BCUT2D eigenvalue weighted by Gasteiger charge is -2.07. The van der Waals surface area contributed by atoms with Crippen LogP contribution >= 0.6 is 0 Å². The fourth-order valence-electron chi connectivity index (χ4n) is 2.24. The molecule has 30 heavy (non-hydrogen) atoms. The molecule has 2 rings (SSSR count). The molecule has 0 fully saturated rings. The summed E-state index contributed by atoms with van der Waals surface area (Å²) in [6, 6.07) is 12.4. The number of hydrogen-bond acceptors (Lipinski definition) is 8. The van der Waals surface area contributed by atoms with Gasteiger partial charge in [0.15, 0.2) is 0 Å². The summed E-state index contributed by atoms with van der Waals surface area (Å²) in [7, 11) is 1.47. The Labute approximate surface area is 173 Å². The summed E-state index contributed by atoms with van der Waals surface area (Å²) in [4.78, 5) is 44.0. The Hall–Kier alpha value is -3.81. The van der Waals surface area contributed by atoms with Gasteiger partial charge in [-0.25, -0.2) is 24.2 Å². The summed E-state index contributed by atoms with van der Waals surface area (Å²) in [5.74, 6) is -1.05. The molecule has 0 aromatic heterocycles. The van der Waals surface area contributed by atoms with Gasteiger partial charge in [-0.3, -0.25) is 0 Å². The van der Waals surface area contributed by atoms with Crippen molar-refractivity contribution in [3.8, 4) is 11.5 Å². The third-order valence-corrected chi connectivity index (χ3v) is 3.81. The largest absolute Gasteiger partial charge is 0.497 e. The summed E-state index contributed by atoms with van der Waals surface area (Å²) in [5.41, 5.74) is 0.377. The van der Waals surface area contributed by atoms with Gasteiger partial charge in [0.25, 0.3) is 0 Å². The van der Waals surface area contributed by atoms with Crippen molar-refractivity contribution in [2.45, 2.75) is 12.8 Å². The number of unbranched alkanes of at least 4 members (excludes halogenated alkanes) is 1. The Morgan fingerprint density at radius 1 is 0.867 bits per heavy atom. The number of methoxy groups -OCH3 is 1. The molecular weight excluding hydrogens is 392 g/mol. The Kier molecular flexibility index (Phi) is 8.92. The van der Waals surface area contributed by atoms with Crippen LogP contribution in [0.4, 0.5) is 0 Å². The van der Waals surface area contributed by atoms with E-state index in [9.17, 15) is 14.4 Å². The number of ether oxygens (including phenoxy) is 3. The molecule has 0 aliphatic heterocycles. The van der Waals surface area contributed by atoms with Crippen molar-refractivity contribution >= 4 is 17.9 Å². The molecule has 0 spiro atoms. The molecule has 0 unspecified atom stereocenters. The maximum absolute atomic E-state index is 12.0. The van der Waals surface area contributed by atoms with E-state index >= 15 is 0 Å². The van der Waals surface area contributed by atoms with E-state index in [1.807, 2.05) is 0 Å². The fourth-order valence-corrected chi connectivity index (χ4v) is 2.24. The quantitative estimate of drug-likeness (QED) is 0.192. The highest BCUT2D eigenvalue weighted by Gasteiger charge is 2.15. The van der Waals surface area contributed by atoms with Crippen molar-refractivity contribution in [2.75, 3.05) is 20.3 Å². The summed E-state index contributed by atoms with van der Waals surface area (Å²) < 4.78 is 15.4. The maximum atomic E-state index is 12.0. The monoisotopic (exact) mass is 414 g/mol. The SMILES string of the molecule is C=CC(=O)OCCCCOc1ccc(C(=O)OOC(=O)c2cccc(OC)c2)cc1. The zero-order valence-corrected chi connectivity index (χ0v) is 16.5. The number of carbonyl (C=O) groups excluding carboxylic acids is 3. The molecule has 2 aromatic rings. The van der Waals surface area contributed by atoms with Gasteiger partial charge in [0.1, 0.15) is 11.5 Å². The first-order valence-electron chi connectivity index (χ1n) is 9.12. The summed E-state index contributed by atoms with van der Waals surface area (Å²) in [6.07, 6.45) is 2.46. The predicted molar refractivity (Wildman–Crippen MR) is 106 cm³/mol. The van der Waals surface area contributed by atoms with Gasteiger partial charge in [-0.05, 0) is 55.3 Å². The van der Waals surface area contributed by atoms with Crippen LogP contribution in [0.5, 0.6) is 11.5 Å². The van der Waals surface area contributed by atoms with E-state index in [2.05, 4.69) is 16.4 Å². The first-order valence-corrected chi connectivity index (χ1v) is 9.12. The van der Waals surface area contributed by atoms with Crippen molar-refractivity contribution in [3.05, 3.63) is 72.3 Å². The first kappa shape index (κ1) is 22.5. The van der Waals surface area contributed by atoms with Gasteiger partial charge in [-0.2, -0.15) is 0 Å². The van der Waals surface area contributed by atoms with Crippen molar-refractivity contribution < 1.29 is 38.4 Å². The molecule has 0 saturated heterocycles. The van der Waals surface area contributed by atoms with Crippen LogP contribution in [0.2, 0.25) is 0 Å². The zero-order valence-electron chi connectivity index (χ0n) is 16.5. The second kappa shape index (κ2) is 11.9. The van der Waals surface area contributed by atoms with E-state index in [1.165, 1.54) is 31.4 Å². The second-order valence-corrected chi connectivity index (χ2v) is 5.93. The minimum atomic E-state index is -0.819. The van der Waals surface area contributed by atoms with Crippen molar-refractivity contribution in [3.63, 3.8) is 0 Å². The highest BCUT2D eigenvalue weighted by atomic mass is 17.2. The molecule has 8 nitrogen and oxygen atoms in total. The van der Waals surface area contributed by atoms with Crippen LogP contribution < -0.4 is 9.47 Å². The van der Waals surface area contributed by atoms with E-state index in [-0.39, 0.29) is 11.1 Å². The van der Waals surface area contributed by atoms with E-state index < -0.39 is 17.9 Å². The molecule has 0 aliphatic rings. The highest BCUT2D eigenvalue weighted by Crippen LogP contribution is 2.15. The predicted octanol–water partition coefficient (Wildman–Crippen LogP) is 3.51. The minimum absolute atomic E-state index is 0.185. The summed E-state index contributed by atoms with van der Waals surface area (Å²) in [6.45, 7) is 4.04. The molecule has 0 aliphatic carbocycles. The molecule has 8 heteroatoms. The first-order chi connectivity index (χ1) is 14.5. The average Bonchev–Trinajstić information content (AvgIpc) is 2.79. The van der Waals surface area contributed by atoms with Crippen molar-refractivity contribution in [2.24, 2.45) is 0 Å². The lowest BCUT2D eigenvalue weighted by Crippen LogP contribution is -2.12. The van der Waals surface area contributed by atoms with Crippen LogP contribution in [0.3, 0.4) is 0 Å². The summed E-state index contributed by atoms with van der Waals surface area (Å²) >= 11 is 0. The molecule has 0 radical (unpaired) electrons. The van der Waals surface area contributed by atoms with Crippen LogP contribution in [0, 0.1) is 0 Å². The molecular formula is C22H22O8. The normalized spacial score (nSPS) is 9.90. The van der Waals surface area contributed by atoms with Gasteiger partial charge >= 0.3 is 17.9 Å². The van der Waals surface area contributed by atoms with Gasteiger partial charge in [0.05, 0.1) is 31.5 Å². The molecule has 2 aromatic carbocycles. The number of hydrogen-bond donors (Lipinski definition) is 0. The highest BCUT2D eigenvalue weighted by molar-refractivity contribution is 5.92. The zero-order chi connectivity index (χ0) is 21.8. The molecule has 0 atom stereocenters. The fraction of sp³-hybridized carbons (Fsp3) is 0.227. The van der Waals surface area contributed by atoms with Gasteiger partial charge < -0.3 is 14.2 Å². The summed E-state index contributed by atoms with van der Waals surface area (Å²) in [5, 5.41) is 0. The van der Waals surface area contributed by atoms with Gasteiger partial charge in [0.2, 0.25) is 0 Å². The van der Waals surface area contributed by atoms with Gasteiger partial charge in [0, 0.05) is 6.08 Å². The van der Waals surface area contributed by atoms with E-state index in [1.54, 1.807) is 24.3 Å². The molecule has 0 saturated carbocycles. The van der Waals surface area contributed by atoms with Crippen LogP contribution in [0.15, 0.2) is 61.2 Å². The molecule has 158 valence electrons. The lowest BCUT2D eigenvalue weighted by molar-refractivity contribution is -0.187. The van der Waals surface area contributed by atoms with Crippen LogP contribution in [0.25, 0.3) is 0 Å². The van der Waals surface area contributed by atoms with Crippen molar-refractivity contribution in [1.29, 1.82) is 0 Å². The van der Waals surface area contributed by atoms with Crippen LogP contribution in [0.1, 0.15) is 33.6 Å². The van der Waals surface area contributed by atoms with E-state index in [0.717, 1.165) is 6.08 Å². The van der Waals surface area contributed by atoms with E-state index in [4.69, 9.17) is 14.2 Å². The number of carbonyl (C=O) groups is 3. The Balaban J connectivity index is 1.73. The third-order valence-electron chi connectivity index (χ3n) is 3.81. The Morgan fingerprint density at radius 3 is 2.20 bits per heavy atom. The number of rotatable bonds is 10. The lowest BCUT2D eigenvalue weighted by atomic mass is 10.2. The van der Waals surface area contributed by atoms with Crippen molar-refractivity contribution in [1.82, 2.24) is 0 Å². The topological polar surface area (TPSA) is 97.4 Å². The van der Waals surface area contributed by atoms with E-state index in [0.29, 0.717) is 37.6 Å². The molecule has 0 amide bonds. The molecule has 0 N–H and O–H groups in total.